The molecule has 0 bridgehead atoms. The van der Waals surface area contributed by atoms with E-state index in [0.29, 0.717) is 32.1 Å². The average Bonchev–Trinajstić information content (AvgIpc) is 2.31. The van der Waals surface area contributed by atoms with E-state index in [9.17, 15) is 4.79 Å². The molecule has 2 N–H and O–H groups in total. The molecule has 1 unspecified atom stereocenters. The molecule has 18 heavy (non-hydrogen) atoms. The fourth-order valence-electron chi connectivity index (χ4n) is 1.41. The standard InChI is InChI=1S/C12H14Cl2INO2/c1-7(2-3-17)6-16-12(18)9-4-8(13)5-10(14)11(9)15/h4-5,7,17H,2-3,6H2,1H3,(H,16,18). The van der Waals surface area contributed by atoms with Crippen molar-refractivity contribution in [2.45, 2.75) is 13.3 Å². The predicted octanol–water partition coefficient (Wildman–Crippen LogP) is 3.35. The van der Waals surface area contributed by atoms with Crippen LogP contribution in [0, 0.1) is 9.49 Å². The average molecular weight is 402 g/mol. The van der Waals surface area contributed by atoms with Gasteiger partial charge >= 0.3 is 0 Å². The molecule has 1 amide bonds. The smallest absolute Gasteiger partial charge is 0.252 e. The number of aliphatic hydroxyl groups excluding tert-OH is 1. The normalized spacial score (nSPS) is 12.3. The van der Waals surface area contributed by atoms with Crippen molar-refractivity contribution in [2.75, 3.05) is 13.2 Å². The van der Waals surface area contributed by atoms with Gasteiger partial charge in [0.15, 0.2) is 0 Å². The number of carbonyl (C=O) groups excluding carboxylic acids is 1. The number of halogens is 3. The van der Waals surface area contributed by atoms with Gasteiger partial charge in [0.1, 0.15) is 0 Å². The molecule has 0 saturated heterocycles. The molecule has 0 aromatic heterocycles. The second-order valence-electron chi connectivity index (χ2n) is 4.08. The van der Waals surface area contributed by atoms with Gasteiger partial charge in [0.25, 0.3) is 5.91 Å². The van der Waals surface area contributed by atoms with Crippen molar-refractivity contribution < 1.29 is 9.90 Å². The van der Waals surface area contributed by atoms with Crippen LogP contribution < -0.4 is 5.32 Å². The van der Waals surface area contributed by atoms with E-state index >= 15 is 0 Å². The van der Waals surface area contributed by atoms with Crippen LogP contribution >= 0.6 is 45.8 Å². The van der Waals surface area contributed by atoms with Crippen LogP contribution in [0.5, 0.6) is 0 Å². The number of carbonyl (C=O) groups is 1. The number of amides is 1. The summed E-state index contributed by atoms with van der Waals surface area (Å²) in [5, 5.41) is 12.5. The van der Waals surface area contributed by atoms with Crippen molar-refractivity contribution >= 4 is 51.7 Å². The molecule has 0 aliphatic carbocycles. The zero-order valence-electron chi connectivity index (χ0n) is 9.84. The summed E-state index contributed by atoms with van der Waals surface area (Å²) in [4.78, 5) is 12.0. The molecule has 0 fully saturated rings. The van der Waals surface area contributed by atoms with Crippen LogP contribution in [0.1, 0.15) is 23.7 Å². The lowest BCUT2D eigenvalue weighted by atomic mass is 10.1. The Bertz CT molecular complexity index is 440. The predicted molar refractivity (Wildman–Crippen MR) is 82.4 cm³/mol. The second-order valence-corrected chi connectivity index (χ2v) is 6.00. The maximum Gasteiger partial charge on any atom is 0.252 e. The summed E-state index contributed by atoms with van der Waals surface area (Å²) in [5.41, 5.74) is 0.476. The molecule has 1 rings (SSSR count). The van der Waals surface area contributed by atoms with Gasteiger partial charge in [-0.1, -0.05) is 30.1 Å². The van der Waals surface area contributed by atoms with Crippen molar-refractivity contribution in [1.29, 1.82) is 0 Å². The molecule has 0 radical (unpaired) electrons. The first-order valence-electron chi connectivity index (χ1n) is 5.49. The Balaban J connectivity index is 2.73. The molecule has 0 heterocycles. The zero-order valence-corrected chi connectivity index (χ0v) is 13.5. The number of hydrogen-bond acceptors (Lipinski definition) is 2. The molecule has 1 aromatic rings. The van der Waals surface area contributed by atoms with Crippen molar-refractivity contribution in [2.24, 2.45) is 5.92 Å². The second kappa shape index (κ2) is 7.53. The lowest BCUT2D eigenvalue weighted by molar-refractivity contribution is 0.0944. The van der Waals surface area contributed by atoms with Gasteiger partial charge in [-0.05, 0) is 47.1 Å². The number of aliphatic hydroxyl groups is 1. The molecule has 0 aliphatic heterocycles. The molecular weight excluding hydrogens is 388 g/mol. The van der Waals surface area contributed by atoms with Crippen molar-refractivity contribution in [1.82, 2.24) is 5.32 Å². The Labute approximate surface area is 130 Å². The van der Waals surface area contributed by atoms with Crippen LogP contribution in [0.2, 0.25) is 10.0 Å². The largest absolute Gasteiger partial charge is 0.396 e. The molecule has 100 valence electrons. The van der Waals surface area contributed by atoms with Gasteiger partial charge in [0.2, 0.25) is 0 Å². The Morgan fingerprint density at radius 1 is 1.50 bits per heavy atom. The molecule has 3 nitrogen and oxygen atoms in total. The van der Waals surface area contributed by atoms with Crippen molar-refractivity contribution in [3.63, 3.8) is 0 Å². The highest BCUT2D eigenvalue weighted by molar-refractivity contribution is 14.1. The quantitative estimate of drug-likeness (QED) is 0.587. The van der Waals surface area contributed by atoms with E-state index in [-0.39, 0.29) is 18.4 Å². The van der Waals surface area contributed by atoms with Crippen LogP contribution in [-0.4, -0.2) is 24.2 Å². The molecule has 1 aromatic carbocycles. The summed E-state index contributed by atoms with van der Waals surface area (Å²) in [6.07, 6.45) is 0.660. The van der Waals surface area contributed by atoms with Crippen LogP contribution in [0.3, 0.4) is 0 Å². The minimum Gasteiger partial charge on any atom is -0.396 e. The summed E-state index contributed by atoms with van der Waals surface area (Å²) < 4.78 is 0.686. The number of nitrogens with one attached hydrogen (secondary N) is 1. The highest BCUT2D eigenvalue weighted by atomic mass is 127. The maximum atomic E-state index is 12.0. The van der Waals surface area contributed by atoms with E-state index in [1.165, 1.54) is 0 Å². The van der Waals surface area contributed by atoms with Crippen molar-refractivity contribution in [3.05, 3.63) is 31.3 Å². The minimum absolute atomic E-state index is 0.123. The number of hydrogen-bond donors (Lipinski definition) is 2. The van der Waals surface area contributed by atoms with Gasteiger partial charge in [0, 0.05) is 21.7 Å². The Hall–Kier alpha value is -0.0400. The third-order valence-electron chi connectivity index (χ3n) is 2.47. The van der Waals surface area contributed by atoms with Crippen LogP contribution in [0.15, 0.2) is 12.1 Å². The summed E-state index contributed by atoms with van der Waals surface area (Å²) in [7, 11) is 0. The number of rotatable bonds is 5. The fourth-order valence-corrected chi connectivity index (χ4v) is 2.46. The summed E-state index contributed by atoms with van der Waals surface area (Å²) in [6, 6.07) is 3.21. The molecule has 6 heteroatoms. The summed E-state index contributed by atoms with van der Waals surface area (Å²) in [5.74, 6) is 0.0276. The lowest BCUT2D eigenvalue weighted by Crippen LogP contribution is -2.29. The Morgan fingerprint density at radius 3 is 2.78 bits per heavy atom. The molecule has 0 aliphatic rings. The van der Waals surface area contributed by atoms with Crippen molar-refractivity contribution in [3.8, 4) is 0 Å². The van der Waals surface area contributed by atoms with Gasteiger partial charge in [-0.15, -0.1) is 0 Å². The van der Waals surface area contributed by atoms with E-state index in [1.807, 2.05) is 29.5 Å². The van der Waals surface area contributed by atoms with Gasteiger partial charge in [0.05, 0.1) is 10.6 Å². The lowest BCUT2D eigenvalue weighted by Gasteiger charge is -2.12. The highest BCUT2D eigenvalue weighted by Gasteiger charge is 2.14. The third kappa shape index (κ3) is 4.57. The first-order chi connectivity index (χ1) is 8.45. The topological polar surface area (TPSA) is 49.3 Å². The van der Waals surface area contributed by atoms with E-state index < -0.39 is 0 Å². The Morgan fingerprint density at radius 2 is 2.17 bits per heavy atom. The monoisotopic (exact) mass is 401 g/mol. The van der Waals surface area contributed by atoms with Gasteiger partial charge in [-0.3, -0.25) is 4.79 Å². The first-order valence-corrected chi connectivity index (χ1v) is 7.32. The third-order valence-corrected chi connectivity index (χ3v) is 4.47. The van der Waals surface area contributed by atoms with E-state index in [1.54, 1.807) is 12.1 Å². The van der Waals surface area contributed by atoms with Gasteiger partial charge in [-0.2, -0.15) is 0 Å². The first kappa shape index (κ1) is 16.0. The minimum atomic E-state index is -0.200. The summed E-state index contributed by atoms with van der Waals surface area (Å²) >= 11 is 13.9. The fraction of sp³-hybridized carbons (Fsp3) is 0.417. The number of benzene rings is 1. The van der Waals surface area contributed by atoms with E-state index in [4.69, 9.17) is 28.3 Å². The Kier molecular flexibility index (Phi) is 6.70. The summed E-state index contributed by atoms with van der Waals surface area (Å²) in [6.45, 7) is 2.60. The molecule has 0 saturated carbocycles. The van der Waals surface area contributed by atoms with Crippen LogP contribution in [0.25, 0.3) is 0 Å². The van der Waals surface area contributed by atoms with E-state index in [0.717, 1.165) is 0 Å². The van der Waals surface area contributed by atoms with Gasteiger partial charge < -0.3 is 10.4 Å². The van der Waals surface area contributed by atoms with E-state index in [2.05, 4.69) is 5.32 Å². The van der Waals surface area contributed by atoms with Crippen LogP contribution in [-0.2, 0) is 0 Å². The maximum absolute atomic E-state index is 12.0. The zero-order chi connectivity index (χ0) is 13.7. The SMILES string of the molecule is CC(CCO)CNC(=O)c1cc(Cl)cc(Cl)c1I. The molecular formula is C12H14Cl2INO2. The highest BCUT2D eigenvalue weighted by Crippen LogP contribution is 2.26. The van der Waals surface area contributed by atoms with Crippen LogP contribution in [0.4, 0.5) is 0 Å². The molecule has 0 spiro atoms. The molecule has 1 atom stereocenters. The van der Waals surface area contributed by atoms with Gasteiger partial charge in [-0.25, -0.2) is 0 Å².